The molecule has 1 aromatic carbocycles. The van der Waals surface area contributed by atoms with E-state index in [1.807, 2.05) is 0 Å². The van der Waals surface area contributed by atoms with E-state index in [0.29, 0.717) is 12.1 Å². The number of benzene rings is 1. The molecule has 126 valence electrons. The first-order valence-electron chi connectivity index (χ1n) is 7.47. The lowest BCUT2D eigenvalue weighted by Crippen LogP contribution is -2.46. The molecule has 0 bridgehead atoms. The number of halogens is 1. The summed E-state index contributed by atoms with van der Waals surface area (Å²) in [6.07, 6.45) is 3.56. The Hall–Kier alpha value is -1.92. The van der Waals surface area contributed by atoms with Gasteiger partial charge in [-0.3, -0.25) is 14.9 Å². The first-order valence-corrected chi connectivity index (χ1v) is 7.47. The van der Waals surface area contributed by atoms with E-state index in [2.05, 4.69) is 11.9 Å². The number of amides is 1. The number of piperidine rings is 1. The van der Waals surface area contributed by atoms with Crippen molar-refractivity contribution in [2.45, 2.75) is 25.3 Å². The fourth-order valence-electron chi connectivity index (χ4n) is 2.81. The predicted octanol–water partition coefficient (Wildman–Crippen LogP) is 2.33. The molecule has 6 nitrogen and oxygen atoms in total. The molecule has 1 N–H and O–H groups in total. The molecule has 0 saturated carbocycles. The Labute approximate surface area is 142 Å². The van der Waals surface area contributed by atoms with Crippen LogP contribution in [0.3, 0.4) is 0 Å². The SMILES string of the molecule is C=CCN(C(=O)Cc1ccccc1[N+](=O)[O-])C1CCNCC1.Cl. The zero-order valence-electron chi connectivity index (χ0n) is 12.9. The van der Waals surface area contributed by atoms with Crippen molar-refractivity contribution in [3.63, 3.8) is 0 Å². The van der Waals surface area contributed by atoms with E-state index in [4.69, 9.17) is 0 Å². The molecule has 23 heavy (non-hydrogen) atoms. The van der Waals surface area contributed by atoms with Crippen molar-refractivity contribution in [1.82, 2.24) is 10.2 Å². The maximum absolute atomic E-state index is 12.6. The molecule has 2 rings (SSSR count). The van der Waals surface area contributed by atoms with Crippen LogP contribution >= 0.6 is 12.4 Å². The Bertz CT molecular complexity index is 559. The minimum Gasteiger partial charge on any atom is -0.336 e. The molecule has 1 saturated heterocycles. The van der Waals surface area contributed by atoms with Gasteiger partial charge in [-0.25, -0.2) is 0 Å². The van der Waals surface area contributed by atoms with E-state index in [0.717, 1.165) is 25.9 Å². The largest absolute Gasteiger partial charge is 0.336 e. The standard InChI is InChI=1S/C16H21N3O3.ClH/c1-2-11-18(14-7-9-17-10-8-14)16(20)12-13-5-3-4-6-15(13)19(21)22;/h2-6,14,17H,1,7-12H2;1H. The lowest BCUT2D eigenvalue weighted by atomic mass is 10.0. The fourth-order valence-corrected chi connectivity index (χ4v) is 2.81. The third kappa shape index (κ3) is 5.04. The van der Waals surface area contributed by atoms with E-state index in [1.54, 1.807) is 29.2 Å². The van der Waals surface area contributed by atoms with Crippen LogP contribution in [-0.4, -0.2) is 41.4 Å². The number of carbonyl (C=O) groups is 1. The molecule has 1 aliphatic rings. The van der Waals surface area contributed by atoms with Crippen molar-refractivity contribution < 1.29 is 9.72 Å². The smallest absolute Gasteiger partial charge is 0.273 e. The topological polar surface area (TPSA) is 75.5 Å². The van der Waals surface area contributed by atoms with Gasteiger partial charge in [0.2, 0.25) is 5.91 Å². The molecule has 1 aromatic rings. The highest BCUT2D eigenvalue weighted by molar-refractivity contribution is 5.85. The first-order chi connectivity index (χ1) is 10.6. The molecule has 7 heteroatoms. The number of nitro benzene ring substituents is 1. The van der Waals surface area contributed by atoms with Crippen molar-refractivity contribution in [2.75, 3.05) is 19.6 Å². The maximum Gasteiger partial charge on any atom is 0.273 e. The molecule has 1 heterocycles. The summed E-state index contributed by atoms with van der Waals surface area (Å²) in [6.45, 7) is 5.96. The normalized spacial score (nSPS) is 14.6. The number of hydrogen-bond donors (Lipinski definition) is 1. The molecule has 1 fully saturated rings. The summed E-state index contributed by atoms with van der Waals surface area (Å²) in [5, 5.41) is 14.3. The van der Waals surface area contributed by atoms with Crippen LogP contribution in [0.25, 0.3) is 0 Å². The zero-order valence-corrected chi connectivity index (χ0v) is 13.8. The number of para-hydroxylation sites is 1. The number of rotatable bonds is 6. The predicted molar refractivity (Wildman–Crippen MR) is 91.9 cm³/mol. The van der Waals surface area contributed by atoms with E-state index in [1.165, 1.54) is 6.07 Å². The van der Waals surface area contributed by atoms with E-state index < -0.39 is 4.92 Å². The Balaban J connectivity index is 0.00000264. The van der Waals surface area contributed by atoms with Gasteiger partial charge in [-0.1, -0.05) is 24.3 Å². The molecule has 0 radical (unpaired) electrons. The van der Waals surface area contributed by atoms with E-state index in [9.17, 15) is 14.9 Å². The van der Waals surface area contributed by atoms with Crippen LogP contribution in [0.2, 0.25) is 0 Å². The molecule has 1 aliphatic heterocycles. The highest BCUT2D eigenvalue weighted by Crippen LogP contribution is 2.20. The second-order valence-corrected chi connectivity index (χ2v) is 5.38. The quantitative estimate of drug-likeness (QED) is 0.490. The Morgan fingerprint density at radius 3 is 2.65 bits per heavy atom. The highest BCUT2D eigenvalue weighted by atomic mass is 35.5. The Morgan fingerprint density at radius 1 is 1.39 bits per heavy atom. The number of nitrogens with zero attached hydrogens (tertiary/aromatic N) is 2. The van der Waals surface area contributed by atoms with Gasteiger partial charge >= 0.3 is 0 Å². The van der Waals surface area contributed by atoms with Crippen molar-refractivity contribution >= 4 is 24.0 Å². The molecular weight excluding hydrogens is 318 g/mol. The summed E-state index contributed by atoms with van der Waals surface area (Å²) in [7, 11) is 0. The summed E-state index contributed by atoms with van der Waals surface area (Å²) in [5.74, 6) is -0.0823. The van der Waals surface area contributed by atoms with Gasteiger partial charge in [-0.2, -0.15) is 0 Å². The minimum atomic E-state index is -0.440. The van der Waals surface area contributed by atoms with Gasteiger partial charge in [0, 0.05) is 24.2 Å². The zero-order chi connectivity index (χ0) is 15.9. The third-order valence-corrected chi connectivity index (χ3v) is 3.93. The van der Waals surface area contributed by atoms with Crippen LogP contribution in [0.5, 0.6) is 0 Å². The molecule has 0 unspecified atom stereocenters. The molecule has 0 spiro atoms. The molecule has 0 aromatic heterocycles. The maximum atomic E-state index is 12.6. The van der Waals surface area contributed by atoms with Crippen molar-refractivity contribution in [1.29, 1.82) is 0 Å². The van der Waals surface area contributed by atoms with Crippen molar-refractivity contribution in [3.05, 3.63) is 52.6 Å². The van der Waals surface area contributed by atoms with E-state index in [-0.39, 0.29) is 36.5 Å². The molecular formula is C16H22ClN3O3. The molecule has 0 atom stereocenters. The number of nitro groups is 1. The summed E-state index contributed by atoms with van der Waals surface area (Å²) >= 11 is 0. The fraction of sp³-hybridized carbons (Fsp3) is 0.438. The minimum absolute atomic E-state index is 0. The van der Waals surface area contributed by atoms with Crippen LogP contribution in [-0.2, 0) is 11.2 Å². The van der Waals surface area contributed by atoms with Gasteiger partial charge in [0.1, 0.15) is 0 Å². The van der Waals surface area contributed by atoms with Crippen molar-refractivity contribution in [3.8, 4) is 0 Å². The second-order valence-electron chi connectivity index (χ2n) is 5.38. The van der Waals surface area contributed by atoms with Gasteiger partial charge in [-0.05, 0) is 25.9 Å². The number of carbonyl (C=O) groups excluding carboxylic acids is 1. The molecule has 0 aliphatic carbocycles. The molecule has 1 amide bonds. The summed E-state index contributed by atoms with van der Waals surface area (Å²) in [4.78, 5) is 25.0. The lowest BCUT2D eigenvalue weighted by Gasteiger charge is -2.34. The Kier molecular flexibility index (Phi) is 7.71. The summed E-state index contributed by atoms with van der Waals surface area (Å²) < 4.78 is 0. The van der Waals surface area contributed by atoms with Gasteiger partial charge < -0.3 is 10.2 Å². The van der Waals surface area contributed by atoms with Gasteiger partial charge in [0.05, 0.1) is 11.3 Å². The van der Waals surface area contributed by atoms with Gasteiger partial charge in [0.15, 0.2) is 0 Å². The monoisotopic (exact) mass is 339 g/mol. The summed E-state index contributed by atoms with van der Waals surface area (Å²) in [5.41, 5.74) is 0.459. The van der Waals surface area contributed by atoms with Crippen molar-refractivity contribution in [2.24, 2.45) is 0 Å². The van der Waals surface area contributed by atoms with Crippen LogP contribution in [0.4, 0.5) is 5.69 Å². The van der Waals surface area contributed by atoms with E-state index >= 15 is 0 Å². The summed E-state index contributed by atoms with van der Waals surface area (Å²) in [6, 6.07) is 6.59. The lowest BCUT2D eigenvalue weighted by molar-refractivity contribution is -0.385. The van der Waals surface area contributed by atoms with Crippen LogP contribution in [0.15, 0.2) is 36.9 Å². The van der Waals surface area contributed by atoms with Gasteiger partial charge in [-0.15, -0.1) is 19.0 Å². The van der Waals surface area contributed by atoms with Crippen LogP contribution in [0, 0.1) is 10.1 Å². The average molecular weight is 340 g/mol. The number of hydrogen-bond acceptors (Lipinski definition) is 4. The average Bonchev–Trinajstić information content (AvgIpc) is 2.53. The van der Waals surface area contributed by atoms with Crippen LogP contribution < -0.4 is 5.32 Å². The highest BCUT2D eigenvalue weighted by Gasteiger charge is 2.26. The van der Waals surface area contributed by atoms with Crippen LogP contribution in [0.1, 0.15) is 18.4 Å². The first kappa shape index (κ1) is 19.1. The number of nitrogens with one attached hydrogen (secondary N) is 1. The van der Waals surface area contributed by atoms with Gasteiger partial charge in [0.25, 0.3) is 5.69 Å². The third-order valence-electron chi connectivity index (χ3n) is 3.93. The second kappa shape index (κ2) is 9.27. The Morgan fingerprint density at radius 2 is 2.04 bits per heavy atom.